The molecule has 1 fully saturated rings. The number of aryl methyl sites for hydroxylation is 1. The molecule has 32 heavy (non-hydrogen) atoms. The van der Waals surface area contributed by atoms with E-state index in [0.29, 0.717) is 34.5 Å². The molecule has 1 saturated heterocycles. The molecular weight excluding hydrogens is 448 g/mol. The molecule has 3 aromatic rings. The number of aromatic nitrogens is 3. The van der Waals surface area contributed by atoms with Crippen LogP contribution >= 0.6 is 23.4 Å². The number of anilines is 2. The predicted molar refractivity (Wildman–Crippen MR) is 126 cm³/mol. The lowest BCUT2D eigenvalue weighted by Gasteiger charge is -2.36. The van der Waals surface area contributed by atoms with Crippen molar-refractivity contribution < 1.29 is 9.59 Å². The second-order valence-electron chi connectivity index (χ2n) is 7.40. The molecular formula is C22H23ClN6O2S. The Bertz CT molecular complexity index is 1100. The van der Waals surface area contributed by atoms with E-state index in [9.17, 15) is 9.59 Å². The summed E-state index contributed by atoms with van der Waals surface area (Å²) in [6, 6.07) is 14.8. The molecule has 2 amide bonds. The smallest absolute Gasteiger partial charge is 0.254 e. The van der Waals surface area contributed by atoms with E-state index in [1.807, 2.05) is 36.2 Å². The van der Waals surface area contributed by atoms with Gasteiger partial charge in [-0.1, -0.05) is 29.4 Å². The summed E-state index contributed by atoms with van der Waals surface area (Å²) in [6.45, 7) is 2.77. The number of halogens is 1. The van der Waals surface area contributed by atoms with Crippen molar-refractivity contribution in [3.05, 3.63) is 65.4 Å². The molecule has 1 N–H and O–H groups in total. The van der Waals surface area contributed by atoms with Gasteiger partial charge >= 0.3 is 0 Å². The summed E-state index contributed by atoms with van der Waals surface area (Å²) in [5.41, 5.74) is 2.26. The quantitative estimate of drug-likeness (QED) is 0.557. The highest BCUT2D eigenvalue weighted by atomic mass is 35.5. The molecule has 4 rings (SSSR count). The number of carbonyl (C=O) groups excluding carboxylic acids is 2. The van der Waals surface area contributed by atoms with Crippen LogP contribution < -0.4 is 10.2 Å². The van der Waals surface area contributed by atoms with Crippen LogP contribution in [0.5, 0.6) is 0 Å². The Kier molecular flexibility index (Phi) is 6.96. The van der Waals surface area contributed by atoms with Crippen molar-refractivity contribution in [2.45, 2.75) is 5.16 Å². The first-order valence-corrected chi connectivity index (χ1v) is 11.5. The third-order valence-corrected chi connectivity index (χ3v) is 6.44. The lowest BCUT2D eigenvalue weighted by Crippen LogP contribution is -2.48. The van der Waals surface area contributed by atoms with E-state index >= 15 is 0 Å². The van der Waals surface area contributed by atoms with Crippen LogP contribution in [0.4, 0.5) is 11.4 Å². The van der Waals surface area contributed by atoms with E-state index < -0.39 is 0 Å². The molecule has 0 radical (unpaired) electrons. The van der Waals surface area contributed by atoms with Crippen molar-refractivity contribution in [2.75, 3.05) is 42.1 Å². The monoisotopic (exact) mass is 470 g/mol. The number of hydrogen-bond donors (Lipinski definition) is 1. The average Bonchev–Trinajstić information content (AvgIpc) is 3.23. The van der Waals surface area contributed by atoms with E-state index in [1.54, 1.807) is 35.2 Å². The molecule has 2 heterocycles. The van der Waals surface area contributed by atoms with Crippen LogP contribution in [0.2, 0.25) is 5.02 Å². The minimum Gasteiger partial charge on any atom is -0.368 e. The molecule has 1 aliphatic rings. The highest BCUT2D eigenvalue weighted by Gasteiger charge is 2.22. The van der Waals surface area contributed by atoms with Gasteiger partial charge in [0.25, 0.3) is 5.91 Å². The van der Waals surface area contributed by atoms with Gasteiger partial charge in [0.15, 0.2) is 5.16 Å². The molecule has 166 valence electrons. The van der Waals surface area contributed by atoms with Crippen LogP contribution in [0.3, 0.4) is 0 Å². The van der Waals surface area contributed by atoms with E-state index in [-0.39, 0.29) is 17.6 Å². The minimum absolute atomic E-state index is 0.0367. The molecule has 0 saturated carbocycles. The second kappa shape index (κ2) is 10.1. The van der Waals surface area contributed by atoms with Crippen LogP contribution in [0.15, 0.2) is 60.0 Å². The highest BCUT2D eigenvalue weighted by Crippen LogP contribution is 2.21. The normalized spacial score (nSPS) is 13.8. The van der Waals surface area contributed by atoms with Gasteiger partial charge in [-0.2, -0.15) is 0 Å². The molecule has 0 bridgehead atoms. The van der Waals surface area contributed by atoms with Crippen molar-refractivity contribution in [1.82, 2.24) is 19.7 Å². The van der Waals surface area contributed by atoms with Gasteiger partial charge in [0, 0.05) is 55.2 Å². The summed E-state index contributed by atoms with van der Waals surface area (Å²) in [7, 11) is 1.82. The number of nitrogens with zero attached hydrogens (tertiary/aromatic N) is 5. The molecule has 0 unspecified atom stereocenters. The zero-order chi connectivity index (χ0) is 22.5. The number of nitrogens with one attached hydrogen (secondary N) is 1. The van der Waals surface area contributed by atoms with Crippen molar-refractivity contribution in [2.24, 2.45) is 7.05 Å². The number of carbonyl (C=O) groups is 2. The standard InChI is InChI=1S/C22H23ClN6O2S/c1-27-15-24-26-22(27)32-14-20(30)25-18-4-2-3-16(13-18)21(31)29-11-9-28(10-12-29)19-7-5-17(23)6-8-19/h2-8,13,15H,9-12,14H2,1H3,(H,25,30). The molecule has 0 aliphatic carbocycles. The molecule has 8 nitrogen and oxygen atoms in total. The topological polar surface area (TPSA) is 83.4 Å². The van der Waals surface area contributed by atoms with Crippen molar-refractivity contribution in [3.63, 3.8) is 0 Å². The van der Waals surface area contributed by atoms with Gasteiger partial charge in [-0.3, -0.25) is 9.59 Å². The van der Waals surface area contributed by atoms with Gasteiger partial charge in [-0.05, 0) is 42.5 Å². The number of amides is 2. The first kappa shape index (κ1) is 22.2. The summed E-state index contributed by atoms with van der Waals surface area (Å²) in [4.78, 5) is 29.4. The molecule has 0 atom stereocenters. The molecule has 0 spiro atoms. The number of hydrogen-bond acceptors (Lipinski definition) is 6. The fourth-order valence-corrected chi connectivity index (χ4v) is 4.28. The van der Waals surface area contributed by atoms with E-state index in [4.69, 9.17) is 11.6 Å². The van der Waals surface area contributed by atoms with Gasteiger partial charge in [0.2, 0.25) is 5.91 Å². The van der Waals surface area contributed by atoms with Crippen LogP contribution in [0, 0.1) is 0 Å². The molecule has 10 heteroatoms. The summed E-state index contributed by atoms with van der Waals surface area (Å²) in [5, 5.41) is 12.0. The lowest BCUT2D eigenvalue weighted by atomic mass is 10.1. The first-order chi connectivity index (χ1) is 15.5. The molecule has 1 aliphatic heterocycles. The number of thioether (sulfide) groups is 1. The van der Waals surface area contributed by atoms with Gasteiger partial charge in [0.05, 0.1) is 5.75 Å². The van der Waals surface area contributed by atoms with Crippen molar-refractivity contribution in [3.8, 4) is 0 Å². The maximum Gasteiger partial charge on any atom is 0.254 e. The maximum absolute atomic E-state index is 13.0. The Balaban J connectivity index is 1.31. The van der Waals surface area contributed by atoms with Gasteiger partial charge in [-0.25, -0.2) is 0 Å². The van der Waals surface area contributed by atoms with E-state index in [0.717, 1.165) is 18.8 Å². The van der Waals surface area contributed by atoms with Crippen LogP contribution in [-0.2, 0) is 11.8 Å². The SMILES string of the molecule is Cn1cnnc1SCC(=O)Nc1cccc(C(=O)N2CCN(c3ccc(Cl)cc3)CC2)c1. The Morgan fingerprint density at radius 1 is 1.09 bits per heavy atom. The van der Waals surface area contributed by atoms with Crippen LogP contribution in [0.1, 0.15) is 10.4 Å². The largest absolute Gasteiger partial charge is 0.368 e. The Hall–Kier alpha value is -3.04. The molecule has 2 aromatic carbocycles. The number of benzene rings is 2. The summed E-state index contributed by atoms with van der Waals surface area (Å²) in [6.07, 6.45) is 1.59. The average molecular weight is 471 g/mol. The second-order valence-corrected chi connectivity index (χ2v) is 8.78. The van der Waals surface area contributed by atoms with Gasteiger partial charge in [0.1, 0.15) is 6.33 Å². The molecule has 1 aromatic heterocycles. The third kappa shape index (κ3) is 5.41. The third-order valence-electron chi connectivity index (χ3n) is 5.15. The number of rotatable bonds is 6. The Morgan fingerprint density at radius 2 is 1.84 bits per heavy atom. The van der Waals surface area contributed by atoms with Crippen LogP contribution in [0.25, 0.3) is 0 Å². The van der Waals surface area contributed by atoms with E-state index in [1.165, 1.54) is 11.8 Å². The minimum atomic E-state index is -0.167. The zero-order valence-electron chi connectivity index (χ0n) is 17.6. The summed E-state index contributed by atoms with van der Waals surface area (Å²) in [5.74, 6) is 0.00155. The maximum atomic E-state index is 13.0. The fourth-order valence-electron chi connectivity index (χ4n) is 3.46. The fraction of sp³-hybridized carbons (Fsp3) is 0.273. The Morgan fingerprint density at radius 3 is 2.53 bits per heavy atom. The summed E-state index contributed by atoms with van der Waals surface area (Å²) >= 11 is 7.27. The number of piperazine rings is 1. The van der Waals surface area contributed by atoms with Crippen molar-refractivity contribution >= 4 is 46.6 Å². The van der Waals surface area contributed by atoms with Crippen LogP contribution in [-0.4, -0.2) is 63.4 Å². The summed E-state index contributed by atoms with van der Waals surface area (Å²) < 4.78 is 1.75. The van der Waals surface area contributed by atoms with E-state index in [2.05, 4.69) is 20.4 Å². The lowest BCUT2D eigenvalue weighted by molar-refractivity contribution is -0.113. The van der Waals surface area contributed by atoms with Gasteiger partial charge < -0.3 is 19.7 Å². The van der Waals surface area contributed by atoms with Gasteiger partial charge in [-0.15, -0.1) is 10.2 Å². The zero-order valence-corrected chi connectivity index (χ0v) is 19.1. The first-order valence-electron chi connectivity index (χ1n) is 10.2. The highest BCUT2D eigenvalue weighted by molar-refractivity contribution is 7.99. The Labute approximate surface area is 195 Å². The predicted octanol–water partition coefficient (Wildman–Crippen LogP) is 3.16. The van der Waals surface area contributed by atoms with Crippen molar-refractivity contribution in [1.29, 1.82) is 0 Å².